The van der Waals surface area contributed by atoms with E-state index in [1.807, 2.05) is 48.5 Å². The maximum absolute atomic E-state index is 14.0. The van der Waals surface area contributed by atoms with Gasteiger partial charge in [0.05, 0.1) is 24.1 Å². The lowest BCUT2D eigenvalue weighted by atomic mass is 9.85. The van der Waals surface area contributed by atoms with E-state index in [1.54, 1.807) is 38.4 Å². The summed E-state index contributed by atoms with van der Waals surface area (Å²) in [6, 6.07) is 24.3. The van der Waals surface area contributed by atoms with Gasteiger partial charge in [-0.25, -0.2) is 13.6 Å². The van der Waals surface area contributed by atoms with Gasteiger partial charge >= 0.3 is 6.03 Å². The van der Waals surface area contributed by atoms with Gasteiger partial charge in [-0.1, -0.05) is 42.5 Å². The zero-order chi connectivity index (χ0) is 31.7. The number of pyridine rings is 1. The van der Waals surface area contributed by atoms with Crippen LogP contribution in [-0.4, -0.2) is 34.3 Å². The van der Waals surface area contributed by atoms with E-state index in [1.165, 1.54) is 4.57 Å². The number of hydrogen-bond donors (Lipinski definition) is 4. The maximum Gasteiger partial charge on any atom is 0.319 e. The molecular formula is C35H30F2N4O4. The van der Waals surface area contributed by atoms with Crippen LogP contribution >= 0.6 is 0 Å². The Morgan fingerprint density at radius 2 is 1.67 bits per heavy atom. The smallest absolute Gasteiger partial charge is 0.319 e. The lowest BCUT2D eigenvalue weighted by Crippen LogP contribution is -2.31. The van der Waals surface area contributed by atoms with Gasteiger partial charge in [0.2, 0.25) is 0 Å². The number of urea groups is 1. The molecule has 1 unspecified atom stereocenters. The first-order chi connectivity index (χ1) is 21.7. The summed E-state index contributed by atoms with van der Waals surface area (Å²) in [5.41, 5.74) is 3.43. The van der Waals surface area contributed by atoms with Crippen molar-refractivity contribution in [3.63, 3.8) is 0 Å². The Morgan fingerprint density at radius 3 is 2.42 bits per heavy atom. The first kappa shape index (κ1) is 29.4. The number of aromatic hydroxyl groups is 1. The van der Waals surface area contributed by atoms with Crippen molar-refractivity contribution in [3.8, 4) is 11.5 Å². The third-order valence-corrected chi connectivity index (χ3v) is 7.94. The van der Waals surface area contributed by atoms with Gasteiger partial charge < -0.3 is 30.0 Å². The van der Waals surface area contributed by atoms with E-state index in [-0.39, 0.29) is 29.1 Å². The second-order valence-electron chi connectivity index (χ2n) is 10.7. The van der Waals surface area contributed by atoms with Crippen molar-refractivity contribution in [2.75, 3.05) is 19.0 Å². The van der Waals surface area contributed by atoms with Crippen LogP contribution in [-0.2, 0) is 13.5 Å². The number of aryl methyl sites for hydroxylation is 1. The number of nitrogens with one attached hydrogen (secondary N) is 3. The number of hydrogen-bond acceptors (Lipinski definition) is 4. The number of halogens is 2. The average Bonchev–Trinajstić information content (AvgIpc) is 3.39. The van der Waals surface area contributed by atoms with Crippen molar-refractivity contribution in [3.05, 3.63) is 135 Å². The Labute approximate surface area is 256 Å². The van der Waals surface area contributed by atoms with Crippen molar-refractivity contribution in [2.24, 2.45) is 7.05 Å². The molecule has 1 atom stereocenters. The van der Waals surface area contributed by atoms with Gasteiger partial charge in [-0.05, 0) is 60.0 Å². The van der Waals surface area contributed by atoms with Crippen molar-refractivity contribution in [2.45, 2.75) is 12.3 Å². The van der Waals surface area contributed by atoms with Crippen molar-refractivity contribution in [1.29, 1.82) is 0 Å². The zero-order valence-electron chi connectivity index (χ0n) is 24.5. The Balaban J connectivity index is 1.45. The van der Waals surface area contributed by atoms with Gasteiger partial charge in [0, 0.05) is 47.3 Å². The number of methoxy groups -OCH3 is 1. The minimum atomic E-state index is -0.805. The Morgan fingerprint density at radius 1 is 0.956 bits per heavy atom. The number of carbonyl (C=O) groups is 1. The molecule has 0 aliphatic rings. The molecule has 0 fully saturated rings. The quantitative estimate of drug-likeness (QED) is 0.157. The Kier molecular flexibility index (Phi) is 7.95. The molecule has 4 aromatic carbocycles. The number of benzene rings is 4. The third kappa shape index (κ3) is 5.70. The summed E-state index contributed by atoms with van der Waals surface area (Å²) >= 11 is 0. The minimum Gasteiger partial charge on any atom is -0.507 e. The summed E-state index contributed by atoms with van der Waals surface area (Å²) in [4.78, 5) is 30.2. The second kappa shape index (κ2) is 12.2. The SMILES string of the molecule is COc1cccc(C(c2[nH]c3ccccc3c2CCNC(=O)Nc2cc(F)cc(F)c2)c2c(O)c3ccccc3n(C)c2=O)c1. The number of rotatable bonds is 8. The molecule has 0 bridgehead atoms. The van der Waals surface area contributed by atoms with Gasteiger partial charge in [0.1, 0.15) is 23.1 Å². The van der Waals surface area contributed by atoms with E-state index in [4.69, 9.17) is 4.74 Å². The van der Waals surface area contributed by atoms with E-state index >= 15 is 0 Å². The number of fused-ring (bicyclic) bond motifs is 2. The van der Waals surface area contributed by atoms with Gasteiger partial charge in [0.25, 0.3) is 5.56 Å². The first-order valence-electron chi connectivity index (χ1n) is 14.3. The fourth-order valence-electron chi connectivity index (χ4n) is 5.90. The van der Waals surface area contributed by atoms with Gasteiger partial charge in [-0.2, -0.15) is 0 Å². The predicted octanol–water partition coefficient (Wildman–Crippen LogP) is 6.56. The van der Waals surface area contributed by atoms with Crippen LogP contribution in [0.1, 0.15) is 28.3 Å². The molecule has 0 aliphatic heterocycles. The molecule has 6 aromatic rings. The predicted molar refractivity (Wildman–Crippen MR) is 170 cm³/mol. The maximum atomic E-state index is 14.0. The largest absolute Gasteiger partial charge is 0.507 e. The lowest BCUT2D eigenvalue weighted by molar-refractivity contribution is 0.252. The molecular weight excluding hydrogens is 578 g/mol. The normalized spacial score (nSPS) is 11.9. The van der Waals surface area contributed by atoms with Crippen LogP contribution in [0.3, 0.4) is 0 Å². The highest BCUT2D eigenvalue weighted by Crippen LogP contribution is 2.41. The number of carbonyl (C=O) groups excluding carboxylic acids is 1. The summed E-state index contributed by atoms with van der Waals surface area (Å²) in [7, 11) is 3.24. The van der Waals surface area contributed by atoms with Crippen LogP contribution in [0.2, 0.25) is 0 Å². The zero-order valence-corrected chi connectivity index (χ0v) is 24.5. The van der Waals surface area contributed by atoms with Crippen LogP contribution in [0.4, 0.5) is 19.3 Å². The Hall–Kier alpha value is -5.64. The number of amides is 2. The van der Waals surface area contributed by atoms with Crippen molar-refractivity contribution >= 4 is 33.5 Å². The molecule has 0 spiro atoms. The first-order valence-corrected chi connectivity index (χ1v) is 14.3. The topological polar surface area (TPSA) is 108 Å². The van der Waals surface area contributed by atoms with Crippen LogP contribution < -0.4 is 20.9 Å². The molecule has 2 amide bonds. The number of nitrogens with zero attached hydrogens (tertiary/aromatic N) is 1. The second-order valence-corrected chi connectivity index (χ2v) is 10.7. The molecule has 8 nitrogen and oxygen atoms in total. The molecule has 2 aromatic heterocycles. The number of ether oxygens (including phenoxy) is 1. The molecule has 6 rings (SSSR count). The van der Waals surface area contributed by atoms with Crippen LogP contribution in [0.5, 0.6) is 11.5 Å². The molecule has 4 N–H and O–H groups in total. The highest BCUT2D eigenvalue weighted by Gasteiger charge is 2.30. The van der Waals surface area contributed by atoms with Gasteiger partial charge in [-0.3, -0.25) is 4.79 Å². The number of anilines is 1. The number of aromatic amines is 1. The summed E-state index contributed by atoms with van der Waals surface area (Å²) in [5.74, 6) is -1.89. The fraction of sp³-hybridized carbons (Fsp3) is 0.143. The highest BCUT2D eigenvalue weighted by atomic mass is 19.1. The molecule has 2 heterocycles. The average molecular weight is 609 g/mol. The van der Waals surface area contributed by atoms with Crippen LogP contribution in [0.25, 0.3) is 21.8 Å². The van der Waals surface area contributed by atoms with Crippen LogP contribution in [0.15, 0.2) is 95.8 Å². The molecule has 0 saturated carbocycles. The number of H-pyrrole nitrogens is 1. The molecule has 0 radical (unpaired) electrons. The molecule has 0 saturated heterocycles. The van der Waals surface area contributed by atoms with E-state index in [9.17, 15) is 23.5 Å². The van der Waals surface area contributed by atoms with E-state index in [0.717, 1.165) is 34.7 Å². The molecule has 0 aliphatic carbocycles. The van der Waals surface area contributed by atoms with Gasteiger partial charge in [0.15, 0.2) is 0 Å². The molecule has 228 valence electrons. The van der Waals surface area contributed by atoms with Crippen molar-refractivity contribution < 1.29 is 23.4 Å². The third-order valence-electron chi connectivity index (χ3n) is 7.94. The fourth-order valence-corrected chi connectivity index (χ4v) is 5.90. The van der Waals surface area contributed by atoms with Crippen molar-refractivity contribution in [1.82, 2.24) is 14.9 Å². The standard InChI is InChI=1S/C35H30F2N4O4/c1-41-29-13-6-4-11-27(29)33(42)31(34(41)43)30(20-8-7-9-24(16-20)45-2)32-26(25-10-3-5-12-28(25)40-32)14-15-38-35(44)39-23-18-21(36)17-22(37)19-23/h3-13,16-19,30,40,42H,14-15H2,1-2H3,(H2,38,39,44). The summed E-state index contributed by atoms with van der Waals surface area (Å²) in [6.07, 6.45) is 0.333. The lowest BCUT2D eigenvalue weighted by Gasteiger charge is -2.22. The summed E-state index contributed by atoms with van der Waals surface area (Å²) < 4.78 is 34.3. The number of para-hydroxylation sites is 2. The van der Waals surface area contributed by atoms with E-state index in [2.05, 4.69) is 15.6 Å². The number of aromatic nitrogens is 2. The van der Waals surface area contributed by atoms with E-state index < -0.39 is 23.6 Å². The molecule has 45 heavy (non-hydrogen) atoms. The summed E-state index contributed by atoms with van der Waals surface area (Å²) in [6.45, 7) is 0.158. The highest BCUT2D eigenvalue weighted by molar-refractivity contribution is 5.90. The monoisotopic (exact) mass is 608 g/mol. The van der Waals surface area contributed by atoms with Crippen LogP contribution in [0, 0.1) is 11.6 Å². The summed E-state index contributed by atoms with van der Waals surface area (Å²) in [5, 5.41) is 18.3. The Bertz CT molecular complexity index is 2100. The minimum absolute atomic E-state index is 0.0153. The van der Waals surface area contributed by atoms with E-state index in [0.29, 0.717) is 34.3 Å². The van der Waals surface area contributed by atoms with Gasteiger partial charge in [-0.15, -0.1) is 0 Å². The molecule has 10 heteroatoms.